The van der Waals surface area contributed by atoms with Crippen LogP contribution in [-0.2, 0) is 4.79 Å². The highest BCUT2D eigenvalue weighted by molar-refractivity contribution is 8.03. The van der Waals surface area contributed by atoms with Gasteiger partial charge in [0.25, 0.3) is 5.91 Å². The zero-order valence-corrected chi connectivity index (χ0v) is 19.0. The van der Waals surface area contributed by atoms with E-state index in [1.165, 1.54) is 36.2 Å². The molecule has 0 fully saturated rings. The number of halogens is 1. The van der Waals surface area contributed by atoms with Crippen LogP contribution in [0.3, 0.4) is 0 Å². The van der Waals surface area contributed by atoms with Crippen LogP contribution < -0.4 is 10.6 Å². The summed E-state index contributed by atoms with van der Waals surface area (Å²) in [5.41, 5.74) is 1.55. The molecule has 34 heavy (non-hydrogen) atoms. The van der Waals surface area contributed by atoms with Crippen molar-refractivity contribution in [1.82, 2.24) is 5.32 Å². The van der Waals surface area contributed by atoms with Crippen molar-refractivity contribution in [2.45, 2.75) is 12.8 Å². The number of nitrogens with one attached hydrogen (secondary N) is 2. The fourth-order valence-corrected chi connectivity index (χ4v) is 4.65. The van der Waals surface area contributed by atoms with Crippen molar-refractivity contribution in [1.29, 1.82) is 5.26 Å². The van der Waals surface area contributed by atoms with Crippen LogP contribution in [0.4, 0.5) is 10.1 Å². The lowest BCUT2D eigenvalue weighted by Crippen LogP contribution is -2.31. The van der Waals surface area contributed by atoms with E-state index >= 15 is 0 Å². The number of para-hydroxylation sites is 1. The summed E-state index contributed by atoms with van der Waals surface area (Å²) in [7, 11) is 0. The molecule has 6 nitrogen and oxygen atoms in total. The van der Waals surface area contributed by atoms with Crippen molar-refractivity contribution < 1.29 is 18.4 Å². The minimum Gasteiger partial charge on any atom is -0.468 e. The van der Waals surface area contributed by atoms with Crippen LogP contribution >= 0.6 is 11.8 Å². The monoisotopic (exact) mass is 473 g/mol. The molecule has 0 bridgehead atoms. The molecule has 1 aromatic heterocycles. The second-order valence-electron chi connectivity index (χ2n) is 7.48. The summed E-state index contributed by atoms with van der Waals surface area (Å²) in [5, 5.41) is 16.2. The van der Waals surface area contributed by atoms with Crippen molar-refractivity contribution in [2.24, 2.45) is 0 Å². The van der Waals surface area contributed by atoms with E-state index < -0.39 is 17.6 Å². The quantitative estimate of drug-likeness (QED) is 0.448. The van der Waals surface area contributed by atoms with Gasteiger partial charge in [0.15, 0.2) is 5.78 Å². The Morgan fingerprint density at radius 2 is 1.85 bits per heavy atom. The Bertz CT molecular complexity index is 1320. The second kappa shape index (κ2) is 10.2. The predicted molar refractivity (Wildman–Crippen MR) is 128 cm³/mol. The van der Waals surface area contributed by atoms with E-state index in [1.54, 1.807) is 49.4 Å². The highest BCUT2D eigenvalue weighted by Gasteiger charge is 2.36. The Kier molecular flexibility index (Phi) is 6.95. The molecule has 1 aliphatic heterocycles. The normalized spacial score (nSPS) is 15.5. The smallest absolute Gasteiger partial charge is 0.254 e. The molecular formula is C26H20FN3O3S. The Morgan fingerprint density at radius 1 is 1.12 bits per heavy atom. The third-order valence-corrected chi connectivity index (χ3v) is 6.30. The van der Waals surface area contributed by atoms with Crippen molar-refractivity contribution >= 4 is 29.1 Å². The summed E-state index contributed by atoms with van der Waals surface area (Å²) in [6.07, 6.45) is 1.46. The number of nitrogens with zero attached hydrogens (tertiary/aromatic N) is 1. The first-order valence-electron chi connectivity index (χ1n) is 10.4. The molecule has 0 saturated carbocycles. The van der Waals surface area contributed by atoms with Crippen molar-refractivity contribution in [2.75, 3.05) is 11.1 Å². The van der Waals surface area contributed by atoms with E-state index in [4.69, 9.17) is 4.42 Å². The van der Waals surface area contributed by atoms with Crippen LogP contribution in [0.25, 0.3) is 0 Å². The standard InChI is InChI=1S/C26H20FN3O3S/c1-16-23(25(32)30-20-11-6-5-10-19(20)27)24(22-12-7-13-33-22)18(14-28)26(29-16)34-15-21(31)17-8-3-2-4-9-17/h2-13,24,29H,15H2,1H3,(H,30,32)/t24-/m0/s1. The summed E-state index contributed by atoms with van der Waals surface area (Å²) >= 11 is 1.19. The van der Waals surface area contributed by atoms with Crippen LogP contribution in [-0.4, -0.2) is 17.4 Å². The molecule has 1 amide bonds. The Balaban J connectivity index is 1.65. The van der Waals surface area contributed by atoms with Gasteiger partial charge < -0.3 is 15.1 Å². The van der Waals surface area contributed by atoms with Gasteiger partial charge in [0.1, 0.15) is 11.6 Å². The van der Waals surface area contributed by atoms with Crippen molar-refractivity contribution in [3.63, 3.8) is 0 Å². The summed E-state index contributed by atoms with van der Waals surface area (Å²) < 4.78 is 19.7. The molecule has 4 rings (SSSR count). The SMILES string of the molecule is CC1=C(C(=O)Nc2ccccc2F)[C@H](c2ccco2)C(C#N)=C(SCC(=O)c2ccccc2)N1. The van der Waals surface area contributed by atoms with E-state index in [1.807, 2.05) is 6.07 Å². The van der Waals surface area contributed by atoms with Crippen molar-refractivity contribution in [3.8, 4) is 6.07 Å². The predicted octanol–water partition coefficient (Wildman–Crippen LogP) is 5.37. The molecule has 0 spiro atoms. The van der Waals surface area contributed by atoms with E-state index in [9.17, 15) is 19.2 Å². The first-order valence-corrected chi connectivity index (χ1v) is 11.4. The summed E-state index contributed by atoms with van der Waals surface area (Å²) in [5.74, 6) is -1.54. The van der Waals surface area contributed by atoms with Gasteiger partial charge in [0.2, 0.25) is 0 Å². The molecule has 0 radical (unpaired) electrons. The van der Waals surface area contributed by atoms with E-state index in [2.05, 4.69) is 16.7 Å². The van der Waals surface area contributed by atoms with Gasteiger partial charge in [0, 0.05) is 11.3 Å². The number of thioether (sulfide) groups is 1. The van der Waals surface area contributed by atoms with Gasteiger partial charge in [-0.25, -0.2) is 4.39 Å². The second-order valence-corrected chi connectivity index (χ2v) is 8.46. The molecule has 8 heteroatoms. The first-order chi connectivity index (χ1) is 16.5. The fourth-order valence-electron chi connectivity index (χ4n) is 3.66. The van der Waals surface area contributed by atoms with E-state index in [-0.39, 0.29) is 28.4 Å². The number of allylic oxidation sites excluding steroid dienone is 2. The van der Waals surface area contributed by atoms with Gasteiger partial charge in [-0.2, -0.15) is 5.26 Å². The molecule has 2 N–H and O–H groups in total. The molecular weight excluding hydrogens is 453 g/mol. The number of nitriles is 1. The molecule has 1 aliphatic rings. The largest absolute Gasteiger partial charge is 0.468 e. The van der Waals surface area contributed by atoms with Gasteiger partial charge in [-0.05, 0) is 31.2 Å². The third-order valence-electron chi connectivity index (χ3n) is 5.29. The number of amides is 1. The number of carbonyl (C=O) groups excluding carboxylic acids is 2. The summed E-state index contributed by atoms with van der Waals surface area (Å²) in [4.78, 5) is 25.8. The van der Waals surface area contributed by atoms with E-state index in [0.717, 1.165) is 0 Å². The number of carbonyl (C=O) groups is 2. The summed E-state index contributed by atoms with van der Waals surface area (Å²) in [6.45, 7) is 1.69. The third kappa shape index (κ3) is 4.80. The molecule has 0 unspecified atom stereocenters. The Labute approximate surface area is 200 Å². The van der Waals surface area contributed by atoms with Crippen LogP contribution in [0.15, 0.2) is 99.3 Å². The maximum absolute atomic E-state index is 14.1. The summed E-state index contributed by atoms with van der Waals surface area (Å²) in [6, 6.07) is 20.2. The van der Waals surface area contributed by atoms with Crippen LogP contribution in [0.2, 0.25) is 0 Å². The average molecular weight is 474 g/mol. The zero-order chi connectivity index (χ0) is 24.1. The molecule has 2 aromatic carbocycles. The highest BCUT2D eigenvalue weighted by atomic mass is 32.2. The maximum atomic E-state index is 14.1. The molecule has 170 valence electrons. The number of furan rings is 1. The zero-order valence-electron chi connectivity index (χ0n) is 18.2. The Hall–Kier alpha value is -4.09. The minimum absolute atomic E-state index is 0.0297. The molecule has 0 saturated heterocycles. The number of Topliss-reactive ketones (excluding diaryl/α,β-unsaturated/α-hetero) is 1. The number of dihydropyridines is 1. The van der Waals surface area contributed by atoms with Crippen LogP contribution in [0, 0.1) is 17.1 Å². The van der Waals surface area contributed by atoms with Gasteiger partial charge in [-0.3, -0.25) is 9.59 Å². The fraction of sp³-hybridized carbons (Fsp3) is 0.115. The molecule has 2 heterocycles. The number of hydrogen-bond donors (Lipinski definition) is 2. The molecule has 1 atom stereocenters. The Morgan fingerprint density at radius 3 is 2.53 bits per heavy atom. The number of benzene rings is 2. The van der Waals surface area contributed by atoms with Crippen LogP contribution in [0.1, 0.15) is 29.0 Å². The lowest BCUT2D eigenvalue weighted by Gasteiger charge is -2.28. The minimum atomic E-state index is -0.817. The highest BCUT2D eigenvalue weighted by Crippen LogP contribution is 2.41. The number of anilines is 1. The average Bonchev–Trinajstić information content (AvgIpc) is 3.38. The van der Waals surface area contributed by atoms with Gasteiger partial charge in [-0.1, -0.05) is 54.2 Å². The lowest BCUT2D eigenvalue weighted by molar-refractivity contribution is -0.113. The topological polar surface area (TPSA) is 95.1 Å². The van der Waals surface area contributed by atoms with Gasteiger partial charge in [-0.15, -0.1) is 0 Å². The first kappa shape index (κ1) is 23.1. The maximum Gasteiger partial charge on any atom is 0.254 e. The van der Waals surface area contributed by atoms with E-state index in [0.29, 0.717) is 22.0 Å². The molecule has 3 aromatic rings. The van der Waals surface area contributed by atoms with Crippen molar-refractivity contribution in [3.05, 3.63) is 112 Å². The van der Waals surface area contributed by atoms with Crippen LogP contribution in [0.5, 0.6) is 0 Å². The number of hydrogen-bond acceptors (Lipinski definition) is 6. The van der Waals surface area contributed by atoms with Gasteiger partial charge in [0.05, 0.1) is 45.9 Å². The number of ketones is 1. The molecule has 0 aliphatic carbocycles. The lowest BCUT2D eigenvalue weighted by atomic mass is 9.85. The van der Waals surface area contributed by atoms with Gasteiger partial charge >= 0.3 is 0 Å². The number of rotatable bonds is 7.